The maximum absolute atomic E-state index is 12.2. The number of hydrogen-bond donors (Lipinski definition) is 1. The number of halogens is 1. The van der Waals surface area contributed by atoms with Crippen molar-refractivity contribution in [3.8, 4) is 0 Å². The van der Waals surface area contributed by atoms with Gasteiger partial charge in [-0.1, -0.05) is 36.7 Å². The van der Waals surface area contributed by atoms with Gasteiger partial charge in [0.1, 0.15) is 0 Å². The van der Waals surface area contributed by atoms with Crippen molar-refractivity contribution in [2.24, 2.45) is 5.92 Å². The van der Waals surface area contributed by atoms with Gasteiger partial charge in [-0.15, -0.1) is 0 Å². The van der Waals surface area contributed by atoms with Crippen LogP contribution in [0.1, 0.15) is 32.3 Å². The van der Waals surface area contributed by atoms with Gasteiger partial charge in [-0.05, 0) is 43.9 Å². The Kier molecular flexibility index (Phi) is 5.44. The maximum Gasteiger partial charge on any atom is 0.237 e. The van der Waals surface area contributed by atoms with E-state index in [1.54, 1.807) is 0 Å². The molecule has 1 saturated heterocycles. The van der Waals surface area contributed by atoms with Crippen molar-refractivity contribution >= 4 is 17.5 Å². The average Bonchev–Trinajstić information content (AvgIpc) is 2.45. The molecule has 1 aromatic rings. The zero-order valence-corrected chi connectivity index (χ0v) is 13.0. The van der Waals surface area contributed by atoms with Crippen molar-refractivity contribution in [1.82, 2.24) is 10.2 Å². The molecule has 1 aromatic carbocycles. The Bertz CT molecular complexity index is 464. The summed E-state index contributed by atoms with van der Waals surface area (Å²) in [7, 11) is 0. The number of benzene rings is 1. The molecule has 4 heteroatoms. The molecule has 0 spiro atoms. The Labute approximate surface area is 126 Å². The molecular weight excluding hydrogens is 272 g/mol. The first-order valence-corrected chi connectivity index (χ1v) is 7.71. The highest BCUT2D eigenvalue weighted by molar-refractivity contribution is 6.31. The van der Waals surface area contributed by atoms with Gasteiger partial charge in [0.15, 0.2) is 0 Å². The molecule has 3 nitrogen and oxygen atoms in total. The number of rotatable bonds is 4. The number of piperidine rings is 1. The highest BCUT2D eigenvalue weighted by Gasteiger charge is 2.25. The van der Waals surface area contributed by atoms with E-state index in [9.17, 15) is 4.79 Å². The summed E-state index contributed by atoms with van der Waals surface area (Å²) in [6.45, 7) is 6.76. The fraction of sp³-hybridized carbons (Fsp3) is 0.562. The zero-order chi connectivity index (χ0) is 14.5. The molecule has 0 radical (unpaired) electrons. The van der Waals surface area contributed by atoms with Crippen molar-refractivity contribution in [1.29, 1.82) is 0 Å². The molecule has 0 aromatic heterocycles. The number of nitrogens with one attached hydrogen (secondary N) is 1. The molecule has 1 heterocycles. The Balaban J connectivity index is 1.86. The van der Waals surface area contributed by atoms with Crippen LogP contribution in [0.15, 0.2) is 24.3 Å². The molecule has 2 rings (SSSR count). The zero-order valence-electron chi connectivity index (χ0n) is 12.2. The van der Waals surface area contributed by atoms with Gasteiger partial charge in [0.25, 0.3) is 0 Å². The Morgan fingerprint density at radius 2 is 2.25 bits per heavy atom. The molecule has 110 valence electrons. The van der Waals surface area contributed by atoms with E-state index >= 15 is 0 Å². The quantitative estimate of drug-likeness (QED) is 0.925. The van der Waals surface area contributed by atoms with Gasteiger partial charge in [-0.3, -0.25) is 9.69 Å². The van der Waals surface area contributed by atoms with Crippen LogP contribution in [0.4, 0.5) is 0 Å². The number of carbonyl (C=O) groups excluding carboxylic acids is 1. The van der Waals surface area contributed by atoms with Crippen LogP contribution in [-0.2, 0) is 11.3 Å². The Hall–Kier alpha value is -1.06. The number of carbonyl (C=O) groups is 1. The van der Waals surface area contributed by atoms with Crippen LogP contribution in [0.5, 0.6) is 0 Å². The van der Waals surface area contributed by atoms with Gasteiger partial charge in [0, 0.05) is 18.1 Å². The van der Waals surface area contributed by atoms with E-state index in [1.165, 1.54) is 12.8 Å². The van der Waals surface area contributed by atoms with Crippen molar-refractivity contribution < 1.29 is 4.79 Å². The van der Waals surface area contributed by atoms with Crippen molar-refractivity contribution in [2.75, 3.05) is 13.1 Å². The lowest BCUT2D eigenvalue weighted by Gasteiger charge is -2.34. The summed E-state index contributed by atoms with van der Waals surface area (Å²) in [4.78, 5) is 14.5. The van der Waals surface area contributed by atoms with Crippen LogP contribution >= 0.6 is 11.6 Å². The topological polar surface area (TPSA) is 32.3 Å². The minimum atomic E-state index is -0.0692. The molecule has 20 heavy (non-hydrogen) atoms. The van der Waals surface area contributed by atoms with Crippen LogP contribution in [0.3, 0.4) is 0 Å². The van der Waals surface area contributed by atoms with Gasteiger partial charge in [-0.2, -0.15) is 0 Å². The van der Waals surface area contributed by atoms with Gasteiger partial charge in [0.05, 0.1) is 6.04 Å². The lowest BCUT2D eigenvalue weighted by Crippen LogP contribution is -2.48. The summed E-state index contributed by atoms with van der Waals surface area (Å²) in [5, 5.41) is 3.69. The second kappa shape index (κ2) is 7.09. The van der Waals surface area contributed by atoms with E-state index in [1.807, 2.05) is 31.2 Å². The van der Waals surface area contributed by atoms with Gasteiger partial charge >= 0.3 is 0 Å². The molecule has 0 unspecified atom stereocenters. The predicted octanol–water partition coefficient (Wildman–Crippen LogP) is 3.08. The molecule has 0 saturated carbocycles. The molecule has 1 N–H and O–H groups in total. The summed E-state index contributed by atoms with van der Waals surface area (Å²) < 4.78 is 0. The third-order valence-corrected chi connectivity index (χ3v) is 4.40. The van der Waals surface area contributed by atoms with Crippen molar-refractivity contribution in [3.05, 3.63) is 34.9 Å². The van der Waals surface area contributed by atoms with Gasteiger partial charge < -0.3 is 5.32 Å². The van der Waals surface area contributed by atoms with Gasteiger partial charge in [0.2, 0.25) is 5.91 Å². The lowest BCUT2D eigenvalue weighted by molar-refractivity contribution is -0.126. The third kappa shape index (κ3) is 3.97. The second-order valence-electron chi connectivity index (χ2n) is 5.73. The number of nitrogens with zero attached hydrogens (tertiary/aromatic N) is 1. The predicted molar refractivity (Wildman–Crippen MR) is 82.7 cm³/mol. The van der Waals surface area contributed by atoms with Crippen molar-refractivity contribution in [3.63, 3.8) is 0 Å². The SMILES string of the molecule is C[C@@H]1CCCN([C@@H](C)C(=O)NCc2ccccc2Cl)C1. The molecular formula is C16H23ClN2O. The third-order valence-electron chi connectivity index (χ3n) is 4.03. The summed E-state index contributed by atoms with van der Waals surface area (Å²) in [5.41, 5.74) is 0.960. The molecule has 1 amide bonds. The fourth-order valence-electron chi connectivity index (χ4n) is 2.72. The first kappa shape index (κ1) is 15.3. The summed E-state index contributed by atoms with van der Waals surface area (Å²) >= 11 is 6.09. The number of likely N-dealkylation sites (tertiary alicyclic amines) is 1. The van der Waals surface area contributed by atoms with E-state index in [0.717, 1.165) is 18.7 Å². The normalized spacial score (nSPS) is 21.4. The van der Waals surface area contributed by atoms with Crippen molar-refractivity contribution in [2.45, 2.75) is 39.3 Å². The summed E-state index contributed by atoms with van der Waals surface area (Å²) in [6, 6.07) is 7.55. The van der Waals surface area contributed by atoms with E-state index in [-0.39, 0.29) is 11.9 Å². The Morgan fingerprint density at radius 3 is 2.95 bits per heavy atom. The van der Waals surface area contributed by atoms with E-state index in [0.29, 0.717) is 17.5 Å². The first-order chi connectivity index (χ1) is 9.58. The van der Waals surface area contributed by atoms with Gasteiger partial charge in [-0.25, -0.2) is 0 Å². The Morgan fingerprint density at radius 1 is 1.50 bits per heavy atom. The molecule has 0 aliphatic carbocycles. The fourth-order valence-corrected chi connectivity index (χ4v) is 2.92. The number of amides is 1. The standard InChI is InChI=1S/C16H23ClN2O/c1-12-6-5-9-19(11-12)13(2)16(20)18-10-14-7-3-4-8-15(14)17/h3-4,7-8,12-13H,5-6,9-11H2,1-2H3,(H,18,20)/t12-,13+/m1/s1. The lowest BCUT2D eigenvalue weighted by atomic mass is 9.99. The minimum absolute atomic E-state index is 0.0692. The molecule has 0 bridgehead atoms. The summed E-state index contributed by atoms with van der Waals surface area (Å²) in [5.74, 6) is 0.765. The smallest absolute Gasteiger partial charge is 0.237 e. The van der Waals surface area contributed by atoms with Crippen LogP contribution in [-0.4, -0.2) is 29.9 Å². The molecule has 1 aliphatic rings. The van der Waals surface area contributed by atoms with E-state index < -0.39 is 0 Å². The molecule has 2 atom stereocenters. The van der Waals surface area contributed by atoms with Crippen LogP contribution in [0.25, 0.3) is 0 Å². The van der Waals surface area contributed by atoms with Crippen LogP contribution in [0, 0.1) is 5.92 Å². The monoisotopic (exact) mass is 294 g/mol. The molecule has 1 aliphatic heterocycles. The molecule has 1 fully saturated rings. The van der Waals surface area contributed by atoms with Crippen LogP contribution in [0.2, 0.25) is 5.02 Å². The largest absolute Gasteiger partial charge is 0.351 e. The first-order valence-electron chi connectivity index (χ1n) is 7.33. The highest BCUT2D eigenvalue weighted by atomic mass is 35.5. The number of hydrogen-bond acceptors (Lipinski definition) is 2. The second-order valence-corrected chi connectivity index (χ2v) is 6.13. The average molecular weight is 295 g/mol. The highest BCUT2D eigenvalue weighted by Crippen LogP contribution is 2.18. The van der Waals surface area contributed by atoms with Crippen LogP contribution < -0.4 is 5.32 Å². The maximum atomic E-state index is 12.2. The minimum Gasteiger partial charge on any atom is -0.351 e. The van der Waals surface area contributed by atoms with E-state index in [2.05, 4.69) is 17.1 Å². The van der Waals surface area contributed by atoms with E-state index in [4.69, 9.17) is 11.6 Å². The summed E-state index contributed by atoms with van der Waals surface area (Å²) in [6.07, 6.45) is 2.45.